The van der Waals surface area contributed by atoms with Crippen molar-refractivity contribution >= 4 is 39.5 Å². The van der Waals surface area contributed by atoms with Crippen LogP contribution in [-0.2, 0) is 65.4 Å². The van der Waals surface area contributed by atoms with Gasteiger partial charge in [0.05, 0.1) is 26.4 Å². The molecular weight excluding hydrogens is 1350 g/mol. The predicted molar refractivity (Wildman–Crippen MR) is 428 cm³/mol. The summed E-state index contributed by atoms with van der Waals surface area (Å²) in [6, 6.07) is 0. The van der Waals surface area contributed by atoms with Gasteiger partial charge in [-0.05, 0) is 43.4 Å². The van der Waals surface area contributed by atoms with Gasteiger partial charge in [0.15, 0.2) is 12.2 Å². The summed E-state index contributed by atoms with van der Waals surface area (Å²) < 4.78 is 68.7. The Balaban J connectivity index is 5.17. The van der Waals surface area contributed by atoms with Crippen molar-refractivity contribution in [3.05, 3.63) is 0 Å². The van der Waals surface area contributed by atoms with E-state index in [4.69, 9.17) is 37.0 Å². The lowest BCUT2D eigenvalue weighted by atomic mass is 9.99. The number of hydrogen-bond donors (Lipinski definition) is 3. The van der Waals surface area contributed by atoms with Gasteiger partial charge in [0, 0.05) is 25.7 Å². The van der Waals surface area contributed by atoms with Crippen LogP contribution in [0, 0.1) is 17.8 Å². The molecule has 0 saturated heterocycles. The fraction of sp³-hybridized carbons (Fsp3) is 0.953. The number of rotatable bonds is 83. The minimum atomic E-state index is -4.97. The molecule has 3 N–H and O–H groups in total. The second kappa shape index (κ2) is 75.1. The van der Waals surface area contributed by atoms with Crippen LogP contribution >= 0.6 is 15.6 Å². The third-order valence-corrected chi connectivity index (χ3v) is 22.9. The highest BCUT2D eigenvalue weighted by Crippen LogP contribution is 2.45. The Morgan fingerprint density at radius 2 is 0.462 bits per heavy atom. The zero-order chi connectivity index (χ0) is 76.5. The SMILES string of the molecule is CCCCCCCCCCCCCCCCCCCCCCCCC(=O)OC[C@H](COP(=O)(O)OC[C@@H](O)COP(=O)(O)OC[C@@H](COC(=O)CCCCCCCCC(C)CC)OC(=O)CCCCCCCCC(C)CC)OC(=O)CCCCCCCCCCCCCCCCCCCCC(C)CC. The van der Waals surface area contributed by atoms with E-state index in [2.05, 4.69) is 48.5 Å². The highest BCUT2D eigenvalue weighted by Gasteiger charge is 2.30. The van der Waals surface area contributed by atoms with Crippen molar-refractivity contribution in [2.75, 3.05) is 39.6 Å². The van der Waals surface area contributed by atoms with Gasteiger partial charge >= 0.3 is 39.5 Å². The maximum Gasteiger partial charge on any atom is 0.472 e. The molecule has 5 unspecified atom stereocenters. The fourth-order valence-corrected chi connectivity index (χ4v) is 14.7. The van der Waals surface area contributed by atoms with Crippen LogP contribution < -0.4 is 0 Å². The molecule has 0 fully saturated rings. The molecule has 0 aliphatic rings. The average Bonchev–Trinajstić information content (AvgIpc) is 0.908. The number of carbonyl (C=O) groups excluding carboxylic acids is 4. The summed E-state index contributed by atoms with van der Waals surface area (Å²) in [5.74, 6) is 0.208. The lowest BCUT2D eigenvalue weighted by Gasteiger charge is -2.21. The zero-order valence-corrected chi connectivity index (χ0v) is 70.3. The second-order valence-electron chi connectivity index (χ2n) is 31.3. The van der Waals surface area contributed by atoms with Gasteiger partial charge in [0.1, 0.15) is 19.3 Å². The predicted octanol–water partition coefficient (Wildman–Crippen LogP) is 25.7. The van der Waals surface area contributed by atoms with E-state index in [1.54, 1.807) is 0 Å². The van der Waals surface area contributed by atoms with Crippen LogP contribution in [0.5, 0.6) is 0 Å². The van der Waals surface area contributed by atoms with E-state index in [1.165, 1.54) is 250 Å². The first-order valence-corrected chi connectivity index (χ1v) is 47.0. The summed E-state index contributed by atoms with van der Waals surface area (Å²) in [7, 11) is -9.92. The zero-order valence-electron chi connectivity index (χ0n) is 68.5. The van der Waals surface area contributed by atoms with Crippen molar-refractivity contribution in [2.24, 2.45) is 17.8 Å². The van der Waals surface area contributed by atoms with Gasteiger partial charge in [0.2, 0.25) is 0 Å². The average molecular weight is 1520 g/mol. The molecule has 0 aliphatic heterocycles. The Kier molecular flexibility index (Phi) is 73.7. The highest BCUT2D eigenvalue weighted by atomic mass is 31.2. The molecule has 0 bridgehead atoms. The summed E-state index contributed by atoms with van der Waals surface area (Å²) in [4.78, 5) is 73.0. The number of phosphoric acid groups is 2. The lowest BCUT2D eigenvalue weighted by molar-refractivity contribution is -0.161. The largest absolute Gasteiger partial charge is 0.472 e. The van der Waals surface area contributed by atoms with Crippen LogP contribution in [0.25, 0.3) is 0 Å². The van der Waals surface area contributed by atoms with E-state index in [9.17, 15) is 43.2 Å². The Hall–Kier alpha value is -1.94. The first-order valence-electron chi connectivity index (χ1n) is 44.0. The molecule has 0 aromatic heterocycles. The van der Waals surface area contributed by atoms with Gasteiger partial charge in [-0.25, -0.2) is 9.13 Å². The molecule has 17 nitrogen and oxygen atoms in total. The molecule has 0 amide bonds. The quantitative estimate of drug-likeness (QED) is 0.0222. The summed E-state index contributed by atoms with van der Waals surface area (Å²) in [6.45, 7) is 11.9. The van der Waals surface area contributed by atoms with Crippen LogP contribution in [0.3, 0.4) is 0 Å². The first-order chi connectivity index (χ1) is 50.3. The molecule has 0 radical (unpaired) electrons. The lowest BCUT2D eigenvalue weighted by Crippen LogP contribution is -2.30. The van der Waals surface area contributed by atoms with Gasteiger partial charge in [-0.1, -0.05) is 395 Å². The number of carbonyl (C=O) groups is 4. The number of ether oxygens (including phenoxy) is 4. The van der Waals surface area contributed by atoms with Crippen LogP contribution in [0.2, 0.25) is 0 Å². The monoisotopic (exact) mass is 1520 g/mol. The van der Waals surface area contributed by atoms with Crippen LogP contribution in [0.15, 0.2) is 0 Å². The van der Waals surface area contributed by atoms with Crippen molar-refractivity contribution in [1.82, 2.24) is 0 Å². The number of hydrogen-bond acceptors (Lipinski definition) is 15. The summed E-state index contributed by atoms with van der Waals surface area (Å²) in [5.41, 5.74) is 0. The van der Waals surface area contributed by atoms with E-state index in [0.717, 1.165) is 114 Å². The third-order valence-electron chi connectivity index (χ3n) is 21.0. The van der Waals surface area contributed by atoms with Crippen molar-refractivity contribution in [3.8, 4) is 0 Å². The maximum absolute atomic E-state index is 13.1. The number of esters is 4. The third kappa shape index (κ3) is 74.2. The van der Waals surface area contributed by atoms with Gasteiger partial charge in [-0.3, -0.25) is 37.3 Å². The van der Waals surface area contributed by atoms with Crippen molar-refractivity contribution < 1.29 is 80.2 Å². The number of aliphatic hydroxyl groups excluding tert-OH is 1. The minimum absolute atomic E-state index is 0.102. The molecule has 0 saturated carbocycles. The van der Waals surface area contributed by atoms with Gasteiger partial charge in [0.25, 0.3) is 0 Å². The normalized spacial score (nSPS) is 14.7. The summed E-state index contributed by atoms with van der Waals surface area (Å²) in [5, 5.41) is 10.6. The van der Waals surface area contributed by atoms with E-state index in [1.807, 2.05) is 0 Å². The van der Waals surface area contributed by atoms with E-state index < -0.39 is 97.5 Å². The highest BCUT2D eigenvalue weighted by molar-refractivity contribution is 7.47. The Bertz CT molecular complexity index is 2010. The maximum atomic E-state index is 13.1. The summed E-state index contributed by atoms with van der Waals surface area (Å²) in [6.07, 6.45) is 65.6. The number of aliphatic hydroxyl groups is 1. The molecule has 0 aromatic rings. The van der Waals surface area contributed by atoms with Gasteiger partial charge in [-0.15, -0.1) is 0 Å². The molecule has 19 heteroatoms. The van der Waals surface area contributed by atoms with Crippen LogP contribution in [0.4, 0.5) is 0 Å². The van der Waals surface area contributed by atoms with Crippen LogP contribution in [-0.4, -0.2) is 96.7 Å². The van der Waals surface area contributed by atoms with Crippen molar-refractivity contribution in [3.63, 3.8) is 0 Å². The van der Waals surface area contributed by atoms with E-state index >= 15 is 0 Å². The Morgan fingerprint density at radius 1 is 0.269 bits per heavy atom. The van der Waals surface area contributed by atoms with Crippen LogP contribution in [0.1, 0.15) is 447 Å². The molecule has 0 heterocycles. The molecule has 8 atom stereocenters. The second-order valence-corrected chi connectivity index (χ2v) is 34.2. The first kappa shape index (κ1) is 102. The standard InChI is InChI=1S/C85H166O17P2/c1-8-12-13-14-15-16-17-18-19-20-21-22-23-24-28-31-34-37-40-43-52-59-66-82(87)95-72-80(101-84(89)68-61-54-44-41-38-35-32-29-26-25-27-30-33-36-39-42-49-56-63-76(5)9-2)74-99-103(91,92)97-70-79(86)71-98-104(93,94)100-75-81(102-85(90)69-62-55-48-46-51-58-65-78(7)11-4)73-96-83(88)67-60-53-47-45-50-57-64-77(6)10-3/h76-81,86H,8-75H2,1-7H3,(H,91,92)(H,93,94)/t76?,77?,78?,79-,80-,81-/m1/s1. The minimum Gasteiger partial charge on any atom is -0.462 e. The smallest absolute Gasteiger partial charge is 0.462 e. The molecule has 0 spiro atoms. The van der Waals surface area contributed by atoms with Crippen molar-refractivity contribution in [1.29, 1.82) is 0 Å². The molecule has 0 aliphatic carbocycles. The fourth-order valence-electron chi connectivity index (χ4n) is 13.1. The Labute approximate surface area is 638 Å². The topological polar surface area (TPSA) is 237 Å². The molecule has 0 aromatic carbocycles. The summed E-state index contributed by atoms with van der Waals surface area (Å²) >= 11 is 0. The van der Waals surface area contributed by atoms with Gasteiger partial charge in [-0.2, -0.15) is 0 Å². The number of unbranched alkanes of at least 4 members (excludes halogenated alkanes) is 48. The molecule has 0 rings (SSSR count). The van der Waals surface area contributed by atoms with E-state index in [0.29, 0.717) is 25.7 Å². The van der Waals surface area contributed by atoms with E-state index in [-0.39, 0.29) is 25.7 Å². The van der Waals surface area contributed by atoms with Gasteiger partial charge < -0.3 is 33.8 Å². The molecule has 104 heavy (non-hydrogen) atoms. The molecular formula is C85H166O17P2. The number of phosphoric ester groups is 2. The van der Waals surface area contributed by atoms with Crippen molar-refractivity contribution in [2.45, 2.75) is 465 Å². The molecule has 618 valence electrons. The Morgan fingerprint density at radius 3 is 0.683 bits per heavy atom.